The molecule has 9 nitrogen and oxygen atoms in total. The zero-order valence-electron chi connectivity index (χ0n) is 16.5. The average Bonchev–Trinajstić information content (AvgIpc) is 2.73. The van der Waals surface area contributed by atoms with Crippen LogP contribution in [-0.4, -0.2) is 54.2 Å². The van der Waals surface area contributed by atoms with Crippen LogP contribution >= 0.6 is 0 Å². The van der Waals surface area contributed by atoms with E-state index in [0.717, 1.165) is 30.9 Å². The maximum Gasteiger partial charge on any atom is 0.353 e. The minimum atomic E-state index is -0.393. The van der Waals surface area contributed by atoms with Crippen LogP contribution in [0.1, 0.15) is 20.3 Å². The van der Waals surface area contributed by atoms with Gasteiger partial charge in [-0.1, -0.05) is 6.92 Å². The van der Waals surface area contributed by atoms with Crippen molar-refractivity contribution >= 4 is 23.0 Å². The van der Waals surface area contributed by atoms with E-state index in [2.05, 4.69) is 20.2 Å². The maximum atomic E-state index is 11.7. The van der Waals surface area contributed by atoms with Crippen LogP contribution in [0.5, 0.6) is 5.75 Å². The van der Waals surface area contributed by atoms with Crippen molar-refractivity contribution in [3.05, 3.63) is 40.7 Å². The summed E-state index contributed by atoms with van der Waals surface area (Å²) in [7, 11) is 1.65. The Labute approximate surface area is 164 Å². The fourth-order valence-electron chi connectivity index (χ4n) is 3.18. The predicted octanol–water partition coefficient (Wildman–Crippen LogP) is 2.93. The molecule has 1 N–H and O–H groups in total. The van der Waals surface area contributed by atoms with Gasteiger partial charge in [0.1, 0.15) is 12.1 Å². The van der Waals surface area contributed by atoms with Crippen LogP contribution in [0.15, 0.2) is 30.6 Å². The Morgan fingerprint density at radius 3 is 2.39 bits per heavy atom. The van der Waals surface area contributed by atoms with Crippen LogP contribution in [0.3, 0.4) is 0 Å². The Morgan fingerprint density at radius 1 is 1.18 bits per heavy atom. The SMILES string of the molecule is CCC(C)Nc1ncnc(N2CCN(c3ccc(OC)cc3)CC2)c1[N+](=O)[O-]. The van der Waals surface area contributed by atoms with Gasteiger partial charge in [-0.3, -0.25) is 10.1 Å². The van der Waals surface area contributed by atoms with E-state index in [1.165, 1.54) is 6.33 Å². The lowest BCUT2D eigenvalue weighted by Gasteiger charge is -2.36. The first-order chi connectivity index (χ1) is 13.5. The van der Waals surface area contributed by atoms with Gasteiger partial charge in [0.15, 0.2) is 0 Å². The van der Waals surface area contributed by atoms with Gasteiger partial charge in [0.2, 0.25) is 11.6 Å². The molecule has 1 aliphatic rings. The molecule has 1 unspecified atom stereocenters. The highest BCUT2D eigenvalue weighted by Gasteiger charge is 2.29. The van der Waals surface area contributed by atoms with E-state index >= 15 is 0 Å². The molecule has 0 aliphatic carbocycles. The minimum absolute atomic E-state index is 0.0549. The molecule has 0 spiro atoms. The Balaban J connectivity index is 1.76. The lowest BCUT2D eigenvalue weighted by molar-refractivity contribution is -0.383. The van der Waals surface area contributed by atoms with Crippen molar-refractivity contribution in [3.63, 3.8) is 0 Å². The number of hydrogen-bond donors (Lipinski definition) is 1. The topological polar surface area (TPSA) is 96.7 Å². The number of rotatable bonds is 7. The van der Waals surface area contributed by atoms with E-state index in [1.807, 2.05) is 43.0 Å². The smallest absolute Gasteiger partial charge is 0.353 e. The Kier molecular flexibility index (Phi) is 6.13. The fraction of sp³-hybridized carbons (Fsp3) is 0.474. The van der Waals surface area contributed by atoms with E-state index in [4.69, 9.17) is 4.74 Å². The van der Waals surface area contributed by atoms with Crippen molar-refractivity contribution in [1.29, 1.82) is 0 Å². The molecule has 1 aliphatic heterocycles. The second-order valence-corrected chi connectivity index (χ2v) is 6.78. The number of nitrogens with zero attached hydrogens (tertiary/aromatic N) is 5. The van der Waals surface area contributed by atoms with Crippen LogP contribution in [0.25, 0.3) is 0 Å². The molecule has 0 radical (unpaired) electrons. The molecular formula is C19H26N6O3. The third-order valence-electron chi connectivity index (χ3n) is 5.00. The summed E-state index contributed by atoms with van der Waals surface area (Å²) >= 11 is 0. The monoisotopic (exact) mass is 386 g/mol. The Hall–Kier alpha value is -3.10. The first-order valence-electron chi connectivity index (χ1n) is 9.43. The van der Waals surface area contributed by atoms with Crippen LogP contribution < -0.4 is 19.9 Å². The molecule has 2 aromatic rings. The first-order valence-corrected chi connectivity index (χ1v) is 9.43. The van der Waals surface area contributed by atoms with Gasteiger partial charge in [-0.25, -0.2) is 9.97 Å². The van der Waals surface area contributed by atoms with Gasteiger partial charge < -0.3 is 19.9 Å². The average molecular weight is 386 g/mol. The van der Waals surface area contributed by atoms with E-state index in [9.17, 15) is 10.1 Å². The third kappa shape index (κ3) is 4.24. The molecule has 1 saturated heterocycles. The summed E-state index contributed by atoms with van der Waals surface area (Å²) in [5.41, 5.74) is 1.05. The number of ether oxygens (including phenoxy) is 1. The molecule has 0 bridgehead atoms. The molecule has 1 atom stereocenters. The van der Waals surface area contributed by atoms with Crippen LogP contribution in [0.4, 0.5) is 23.0 Å². The fourth-order valence-corrected chi connectivity index (χ4v) is 3.18. The van der Waals surface area contributed by atoms with Gasteiger partial charge in [-0.05, 0) is 37.6 Å². The van der Waals surface area contributed by atoms with E-state index in [0.29, 0.717) is 18.9 Å². The van der Waals surface area contributed by atoms with Gasteiger partial charge in [-0.2, -0.15) is 0 Å². The maximum absolute atomic E-state index is 11.7. The summed E-state index contributed by atoms with van der Waals surface area (Å²) in [6, 6.07) is 8.01. The number of anilines is 3. The molecule has 2 heterocycles. The van der Waals surface area contributed by atoms with Crippen molar-refractivity contribution < 1.29 is 9.66 Å². The molecule has 150 valence electrons. The number of nitrogens with one attached hydrogen (secondary N) is 1. The summed E-state index contributed by atoms with van der Waals surface area (Å²) in [6.45, 7) is 6.78. The van der Waals surface area contributed by atoms with Crippen molar-refractivity contribution in [1.82, 2.24) is 9.97 Å². The summed E-state index contributed by atoms with van der Waals surface area (Å²) in [6.07, 6.45) is 2.24. The molecule has 0 amide bonds. The second kappa shape index (κ2) is 8.73. The highest BCUT2D eigenvalue weighted by atomic mass is 16.6. The Morgan fingerprint density at radius 2 is 1.82 bits per heavy atom. The number of nitro groups is 1. The predicted molar refractivity (Wildman–Crippen MR) is 109 cm³/mol. The van der Waals surface area contributed by atoms with Gasteiger partial charge in [-0.15, -0.1) is 0 Å². The second-order valence-electron chi connectivity index (χ2n) is 6.78. The summed E-state index contributed by atoms with van der Waals surface area (Å²) in [5.74, 6) is 1.47. The van der Waals surface area contributed by atoms with Gasteiger partial charge >= 0.3 is 5.69 Å². The van der Waals surface area contributed by atoms with Gasteiger partial charge in [0, 0.05) is 37.9 Å². The lowest BCUT2D eigenvalue weighted by Crippen LogP contribution is -2.47. The summed E-state index contributed by atoms with van der Waals surface area (Å²) in [5, 5.41) is 14.9. The third-order valence-corrected chi connectivity index (χ3v) is 5.00. The standard InChI is InChI=1S/C19H26N6O3/c1-4-14(2)22-18-17(25(26)27)19(21-13-20-18)24-11-9-23(10-12-24)15-5-7-16(28-3)8-6-15/h5-8,13-14H,4,9-12H2,1-3H3,(H,20,21,22). The number of aromatic nitrogens is 2. The van der Waals surface area contributed by atoms with E-state index in [1.54, 1.807) is 7.11 Å². The van der Waals surface area contributed by atoms with Crippen molar-refractivity contribution in [2.45, 2.75) is 26.3 Å². The normalized spacial score (nSPS) is 15.2. The van der Waals surface area contributed by atoms with Crippen molar-refractivity contribution in [2.75, 3.05) is 48.4 Å². The molecule has 28 heavy (non-hydrogen) atoms. The molecule has 1 aromatic carbocycles. The van der Waals surface area contributed by atoms with E-state index in [-0.39, 0.29) is 17.5 Å². The zero-order chi connectivity index (χ0) is 20.1. The highest BCUT2D eigenvalue weighted by molar-refractivity contribution is 5.71. The lowest BCUT2D eigenvalue weighted by atomic mass is 10.2. The molecule has 1 fully saturated rings. The number of methoxy groups -OCH3 is 1. The molecule has 9 heteroatoms. The Bertz CT molecular complexity index is 806. The summed E-state index contributed by atoms with van der Waals surface area (Å²) < 4.78 is 5.20. The molecule has 1 aromatic heterocycles. The molecule has 3 rings (SSSR count). The highest BCUT2D eigenvalue weighted by Crippen LogP contribution is 2.33. The van der Waals surface area contributed by atoms with E-state index < -0.39 is 4.92 Å². The number of benzene rings is 1. The summed E-state index contributed by atoms with van der Waals surface area (Å²) in [4.78, 5) is 23.9. The van der Waals surface area contributed by atoms with Crippen LogP contribution in [0, 0.1) is 10.1 Å². The van der Waals surface area contributed by atoms with Gasteiger partial charge in [0.25, 0.3) is 0 Å². The molecular weight excluding hydrogens is 360 g/mol. The number of hydrogen-bond acceptors (Lipinski definition) is 8. The van der Waals surface area contributed by atoms with Crippen LogP contribution in [-0.2, 0) is 0 Å². The zero-order valence-corrected chi connectivity index (χ0v) is 16.5. The first kappa shape index (κ1) is 19.7. The number of piperazine rings is 1. The quantitative estimate of drug-likeness (QED) is 0.573. The molecule has 0 saturated carbocycles. The van der Waals surface area contributed by atoms with Crippen molar-refractivity contribution in [2.24, 2.45) is 0 Å². The van der Waals surface area contributed by atoms with Crippen LogP contribution in [0.2, 0.25) is 0 Å². The van der Waals surface area contributed by atoms with Gasteiger partial charge in [0.05, 0.1) is 12.0 Å². The van der Waals surface area contributed by atoms with Crippen molar-refractivity contribution in [3.8, 4) is 5.75 Å². The largest absolute Gasteiger partial charge is 0.497 e. The minimum Gasteiger partial charge on any atom is -0.497 e.